The van der Waals surface area contributed by atoms with Crippen molar-refractivity contribution in [3.63, 3.8) is 0 Å². The Labute approximate surface area is 148 Å². The average Bonchev–Trinajstić information content (AvgIpc) is 2.81. The molecule has 2 aromatic rings. The summed E-state index contributed by atoms with van der Waals surface area (Å²) in [4.78, 5) is 14.9. The quantitative estimate of drug-likeness (QED) is 0.831. The molecule has 0 radical (unpaired) electrons. The van der Waals surface area contributed by atoms with Gasteiger partial charge in [-0.25, -0.2) is 4.68 Å². The Kier molecular flexibility index (Phi) is 5.56. The van der Waals surface area contributed by atoms with Crippen LogP contribution in [0.1, 0.15) is 53.7 Å². The Morgan fingerprint density at radius 2 is 1.71 bits per heavy atom. The second-order valence-corrected chi connectivity index (χ2v) is 6.81. The van der Waals surface area contributed by atoms with Crippen molar-refractivity contribution < 1.29 is 4.79 Å². The molecule has 0 saturated carbocycles. The summed E-state index contributed by atoms with van der Waals surface area (Å²) < 4.78 is 1.73. The molecule has 4 nitrogen and oxygen atoms in total. The van der Waals surface area contributed by atoms with Gasteiger partial charge in [0.2, 0.25) is 0 Å². The molecule has 0 bridgehead atoms. The minimum absolute atomic E-state index is 0.0266. The molecule has 1 aliphatic rings. The van der Waals surface area contributed by atoms with E-state index in [1.165, 1.54) is 19.3 Å². The third-order valence-corrected chi connectivity index (χ3v) is 4.98. The van der Waals surface area contributed by atoms with Crippen molar-refractivity contribution in [2.24, 2.45) is 0 Å². The highest BCUT2D eigenvalue weighted by molar-refractivity contribution is 6.33. The van der Waals surface area contributed by atoms with Crippen LogP contribution in [0.25, 0.3) is 0 Å². The fourth-order valence-electron chi connectivity index (χ4n) is 3.27. The largest absolute Gasteiger partial charge is 0.338 e. The smallest absolute Gasteiger partial charge is 0.258 e. The molecule has 1 saturated heterocycles. The standard InChI is InChI=1S/C19H24ClN3O/c1-15-17(19(24)22-12-8-3-2-4-9-13-22)18(20)23(21-15)14-16-10-6-5-7-11-16/h5-7,10-11H,2-4,8-9,12-14H2,1H3. The monoisotopic (exact) mass is 345 g/mol. The highest BCUT2D eigenvalue weighted by Crippen LogP contribution is 2.24. The number of carbonyl (C=O) groups excluding carboxylic acids is 1. The molecule has 2 heterocycles. The second kappa shape index (κ2) is 7.84. The minimum Gasteiger partial charge on any atom is -0.338 e. The molecule has 0 unspecified atom stereocenters. The van der Waals surface area contributed by atoms with Gasteiger partial charge in [-0.3, -0.25) is 4.79 Å². The van der Waals surface area contributed by atoms with Crippen molar-refractivity contribution in [2.75, 3.05) is 13.1 Å². The first-order chi connectivity index (χ1) is 11.7. The van der Waals surface area contributed by atoms with Crippen molar-refractivity contribution in [3.05, 3.63) is 52.3 Å². The summed E-state index contributed by atoms with van der Waals surface area (Å²) in [5.74, 6) is 0.0266. The lowest BCUT2D eigenvalue weighted by atomic mass is 10.1. The number of aromatic nitrogens is 2. The Bertz CT molecular complexity index is 688. The van der Waals surface area contributed by atoms with Crippen molar-refractivity contribution in [2.45, 2.75) is 45.6 Å². The molecule has 0 N–H and O–H groups in total. The van der Waals surface area contributed by atoms with Crippen LogP contribution in [0.5, 0.6) is 0 Å². The van der Waals surface area contributed by atoms with Gasteiger partial charge < -0.3 is 4.90 Å². The van der Waals surface area contributed by atoms with Gasteiger partial charge in [0.15, 0.2) is 0 Å². The van der Waals surface area contributed by atoms with Gasteiger partial charge in [0.05, 0.1) is 17.8 Å². The fraction of sp³-hybridized carbons (Fsp3) is 0.474. The number of benzene rings is 1. The number of likely N-dealkylation sites (tertiary alicyclic amines) is 1. The molecule has 24 heavy (non-hydrogen) atoms. The molecule has 1 aromatic carbocycles. The molecule has 5 heteroatoms. The molecule has 1 aliphatic heterocycles. The SMILES string of the molecule is Cc1nn(Cc2ccccc2)c(Cl)c1C(=O)N1CCCCCCC1. The van der Waals surface area contributed by atoms with Gasteiger partial charge in [0, 0.05) is 13.1 Å². The summed E-state index contributed by atoms with van der Waals surface area (Å²) in [6, 6.07) is 10.0. The van der Waals surface area contributed by atoms with Crippen LogP contribution < -0.4 is 0 Å². The summed E-state index contributed by atoms with van der Waals surface area (Å²) in [6.45, 7) is 4.08. The molecule has 1 aromatic heterocycles. The number of halogens is 1. The van der Waals surface area contributed by atoms with Gasteiger partial charge in [-0.05, 0) is 25.3 Å². The molecule has 128 valence electrons. The van der Waals surface area contributed by atoms with E-state index in [4.69, 9.17) is 11.6 Å². The minimum atomic E-state index is 0.0266. The van der Waals surface area contributed by atoms with Crippen molar-refractivity contribution in [1.29, 1.82) is 0 Å². The topological polar surface area (TPSA) is 38.1 Å². The molecule has 0 aliphatic carbocycles. The first kappa shape index (κ1) is 17.0. The van der Waals surface area contributed by atoms with Crippen molar-refractivity contribution >= 4 is 17.5 Å². The summed E-state index contributed by atoms with van der Waals surface area (Å²) in [6.07, 6.45) is 5.81. The van der Waals surface area contributed by atoms with Gasteiger partial charge in [-0.15, -0.1) is 0 Å². The van der Waals surface area contributed by atoms with Crippen LogP contribution in [0.15, 0.2) is 30.3 Å². The molecule has 0 atom stereocenters. The van der Waals surface area contributed by atoms with E-state index in [1.54, 1.807) is 4.68 Å². The Morgan fingerprint density at radius 1 is 1.08 bits per heavy atom. The lowest BCUT2D eigenvalue weighted by Crippen LogP contribution is -2.34. The van der Waals surface area contributed by atoms with Crippen LogP contribution in [0, 0.1) is 6.92 Å². The van der Waals surface area contributed by atoms with E-state index in [-0.39, 0.29) is 5.91 Å². The van der Waals surface area contributed by atoms with E-state index in [2.05, 4.69) is 5.10 Å². The molecular formula is C19H24ClN3O. The third-order valence-electron chi connectivity index (χ3n) is 4.60. The highest BCUT2D eigenvalue weighted by atomic mass is 35.5. The first-order valence-electron chi connectivity index (χ1n) is 8.73. The number of aryl methyl sites for hydroxylation is 1. The Balaban J connectivity index is 1.81. The van der Waals surface area contributed by atoms with Gasteiger partial charge in [0.25, 0.3) is 5.91 Å². The number of carbonyl (C=O) groups is 1. The predicted octanol–water partition coefficient (Wildman–Crippen LogP) is 4.30. The molecule has 3 rings (SSSR count). The van der Waals surface area contributed by atoms with E-state index in [0.29, 0.717) is 23.0 Å². The number of nitrogens with zero attached hydrogens (tertiary/aromatic N) is 3. The zero-order valence-electron chi connectivity index (χ0n) is 14.2. The summed E-state index contributed by atoms with van der Waals surface area (Å²) >= 11 is 6.52. The lowest BCUT2D eigenvalue weighted by molar-refractivity contribution is 0.0742. The van der Waals surface area contributed by atoms with Gasteiger partial charge in [-0.2, -0.15) is 5.10 Å². The van der Waals surface area contributed by atoms with Crippen LogP contribution in [0.2, 0.25) is 5.15 Å². The Morgan fingerprint density at radius 3 is 2.38 bits per heavy atom. The highest BCUT2D eigenvalue weighted by Gasteiger charge is 2.25. The fourth-order valence-corrected chi connectivity index (χ4v) is 3.58. The van der Waals surface area contributed by atoms with E-state index >= 15 is 0 Å². The maximum atomic E-state index is 13.0. The molecule has 1 amide bonds. The molecular weight excluding hydrogens is 322 g/mol. The summed E-state index contributed by atoms with van der Waals surface area (Å²) in [7, 11) is 0. The van der Waals surface area contributed by atoms with Crippen LogP contribution in [0.3, 0.4) is 0 Å². The number of hydrogen-bond acceptors (Lipinski definition) is 2. The summed E-state index contributed by atoms with van der Waals surface area (Å²) in [5, 5.41) is 4.95. The zero-order chi connectivity index (χ0) is 16.9. The average molecular weight is 346 g/mol. The number of amides is 1. The number of hydrogen-bond donors (Lipinski definition) is 0. The normalized spacial score (nSPS) is 15.8. The van der Waals surface area contributed by atoms with E-state index in [9.17, 15) is 4.79 Å². The molecule has 0 spiro atoms. The van der Waals surface area contributed by atoms with Gasteiger partial charge in [0.1, 0.15) is 5.15 Å². The van der Waals surface area contributed by atoms with Crippen LogP contribution in [-0.4, -0.2) is 33.7 Å². The Hall–Kier alpha value is -1.81. The predicted molar refractivity (Wildman–Crippen MR) is 96.5 cm³/mol. The van der Waals surface area contributed by atoms with Crippen molar-refractivity contribution in [1.82, 2.24) is 14.7 Å². The number of rotatable bonds is 3. The van der Waals surface area contributed by atoms with Crippen LogP contribution in [0.4, 0.5) is 0 Å². The van der Waals surface area contributed by atoms with E-state index < -0.39 is 0 Å². The molecule has 1 fully saturated rings. The maximum Gasteiger partial charge on any atom is 0.258 e. The van der Waals surface area contributed by atoms with Crippen LogP contribution >= 0.6 is 11.6 Å². The summed E-state index contributed by atoms with van der Waals surface area (Å²) in [5.41, 5.74) is 2.39. The second-order valence-electron chi connectivity index (χ2n) is 6.45. The lowest BCUT2D eigenvalue weighted by Gasteiger charge is -2.24. The van der Waals surface area contributed by atoms with Crippen LogP contribution in [-0.2, 0) is 6.54 Å². The maximum absolute atomic E-state index is 13.0. The van der Waals surface area contributed by atoms with E-state index in [0.717, 1.165) is 31.5 Å². The zero-order valence-corrected chi connectivity index (χ0v) is 14.9. The van der Waals surface area contributed by atoms with Gasteiger partial charge >= 0.3 is 0 Å². The van der Waals surface area contributed by atoms with Crippen molar-refractivity contribution in [3.8, 4) is 0 Å². The third kappa shape index (κ3) is 3.81. The first-order valence-corrected chi connectivity index (χ1v) is 9.10. The van der Waals surface area contributed by atoms with Gasteiger partial charge in [-0.1, -0.05) is 61.2 Å². The van der Waals surface area contributed by atoms with E-state index in [1.807, 2.05) is 42.2 Å².